The molecule has 44 heavy (non-hydrogen) atoms. The van der Waals surface area contributed by atoms with Crippen molar-refractivity contribution in [3.05, 3.63) is 105 Å². The Morgan fingerprint density at radius 1 is 1.11 bits per heavy atom. The summed E-state index contributed by atoms with van der Waals surface area (Å²) in [6, 6.07) is 18.0. The molecule has 1 aliphatic rings. The van der Waals surface area contributed by atoms with Crippen LogP contribution in [0, 0.1) is 11.6 Å². The number of aliphatic hydroxyl groups is 1. The summed E-state index contributed by atoms with van der Waals surface area (Å²) in [7, 11) is 1.54. The first kappa shape index (κ1) is 32.1. The van der Waals surface area contributed by atoms with Gasteiger partial charge in [0.15, 0.2) is 11.6 Å². The van der Waals surface area contributed by atoms with Crippen molar-refractivity contribution in [2.75, 3.05) is 13.7 Å². The molecule has 3 atom stereocenters. The quantitative estimate of drug-likeness (QED) is 0.220. The van der Waals surface area contributed by atoms with E-state index in [1.54, 1.807) is 37.8 Å². The molecule has 0 saturated carbocycles. The summed E-state index contributed by atoms with van der Waals surface area (Å²) >= 11 is 9.80. The number of amides is 1. The molecule has 1 aliphatic heterocycles. The number of ether oxygens (including phenoxy) is 2. The summed E-state index contributed by atoms with van der Waals surface area (Å²) in [4.78, 5) is 19.8. The van der Waals surface area contributed by atoms with Crippen molar-refractivity contribution in [1.82, 2.24) is 9.88 Å². The minimum absolute atomic E-state index is 0.109. The highest BCUT2D eigenvalue weighted by Crippen LogP contribution is 2.47. The molecule has 5 rings (SSSR count). The number of fused-ring (bicyclic) bond motifs is 1. The molecular formula is C34H34BrClF2N2O4. The second-order valence-corrected chi connectivity index (χ2v) is 13.6. The zero-order chi connectivity index (χ0) is 31.8. The van der Waals surface area contributed by atoms with E-state index in [9.17, 15) is 18.7 Å². The minimum atomic E-state index is -1.41. The van der Waals surface area contributed by atoms with E-state index in [0.29, 0.717) is 22.0 Å². The number of hydrogen-bond acceptors (Lipinski definition) is 5. The molecule has 1 N–H and O–H groups in total. The number of halogens is 4. The highest BCUT2D eigenvalue weighted by molar-refractivity contribution is 9.10. The molecule has 1 aromatic heterocycles. The SMILES string of the molecule is COc1nc2ccc(Br)cc2cc1C(c1ccc(Cl)cc1)C1(O)CCN(C(=O)OC(C)(C)C)C(Cc2ccc(F)c(F)c2)C1. The van der Waals surface area contributed by atoms with Gasteiger partial charge in [0.1, 0.15) is 5.60 Å². The normalized spacial score (nSPS) is 19.6. The number of rotatable bonds is 6. The van der Waals surface area contributed by atoms with Crippen LogP contribution in [0.25, 0.3) is 10.9 Å². The van der Waals surface area contributed by atoms with Crippen molar-refractivity contribution >= 4 is 44.5 Å². The van der Waals surface area contributed by atoms with Gasteiger partial charge in [-0.3, -0.25) is 0 Å². The van der Waals surface area contributed by atoms with Crippen molar-refractivity contribution < 1.29 is 28.2 Å². The third-order valence-electron chi connectivity index (χ3n) is 7.91. The summed E-state index contributed by atoms with van der Waals surface area (Å²) in [5, 5.41) is 14.1. The summed E-state index contributed by atoms with van der Waals surface area (Å²) in [6.07, 6.45) is -0.0531. The van der Waals surface area contributed by atoms with Gasteiger partial charge in [-0.25, -0.2) is 18.6 Å². The number of methoxy groups -OCH3 is 1. The summed E-state index contributed by atoms with van der Waals surface area (Å²) in [6.45, 7) is 5.51. The van der Waals surface area contributed by atoms with E-state index < -0.39 is 40.9 Å². The van der Waals surface area contributed by atoms with Gasteiger partial charge in [0.25, 0.3) is 0 Å². The largest absolute Gasteiger partial charge is 0.481 e. The molecule has 10 heteroatoms. The number of hydrogen-bond donors (Lipinski definition) is 1. The van der Waals surface area contributed by atoms with Crippen LogP contribution >= 0.6 is 27.5 Å². The van der Waals surface area contributed by atoms with E-state index in [4.69, 9.17) is 26.1 Å². The number of likely N-dealkylation sites (tertiary alicyclic amines) is 1. The highest BCUT2D eigenvalue weighted by Gasteiger charge is 2.48. The van der Waals surface area contributed by atoms with Crippen LogP contribution in [0.3, 0.4) is 0 Å². The van der Waals surface area contributed by atoms with Crippen molar-refractivity contribution in [3.63, 3.8) is 0 Å². The zero-order valence-corrected chi connectivity index (χ0v) is 27.3. The monoisotopic (exact) mass is 686 g/mol. The maximum atomic E-state index is 14.2. The van der Waals surface area contributed by atoms with E-state index in [1.165, 1.54) is 13.2 Å². The zero-order valence-electron chi connectivity index (χ0n) is 24.9. The molecule has 1 saturated heterocycles. The summed E-state index contributed by atoms with van der Waals surface area (Å²) < 4.78 is 40.4. The minimum Gasteiger partial charge on any atom is -0.481 e. The molecule has 6 nitrogen and oxygen atoms in total. The Bertz CT molecular complexity index is 1680. The Hall–Kier alpha value is -3.27. The first-order chi connectivity index (χ1) is 20.8. The first-order valence-corrected chi connectivity index (χ1v) is 15.5. The number of pyridine rings is 1. The fraction of sp³-hybridized carbons (Fsp3) is 0.353. The third kappa shape index (κ3) is 7.00. The fourth-order valence-electron chi connectivity index (χ4n) is 6.01. The molecule has 0 radical (unpaired) electrons. The summed E-state index contributed by atoms with van der Waals surface area (Å²) in [5.74, 6) is -2.21. The highest BCUT2D eigenvalue weighted by atomic mass is 79.9. The predicted molar refractivity (Wildman–Crippen MR) is 170 cm³/mol. The Balaban J connectivity index is 1.62. The molecule has 1 amide bonds. The van der Waals surface area contributed by atoms with Crippen LogP contribution in [0.15, 0.2) is 71.2 Å². The Morgan fingerprint density at radius 3 is 2.50 bits per heavy atom. The molecule has 1 fully saturated rings. The second kappa shape index (κ2) is 12.6. The molecule has 2 heterocycles. The van der Waals surface area contributed by atoms with Crippen LogP contribution in [0.5, 0.6) is 5.88 Å². The molecule has 0 spiro atoms. The van der Waals surface area contributed by atoms with Crippen molar-refractivity contribution in [2.24, 2.45) is 0 Å². The number of carbonyl (C=O) groups is 1. The van der Waals surface area contributed by atoms with Crippen molar-refractivity contribution in [1.29, 1.82) is 0 Å². The van der Waals surface area contributed by atoms with E-state index >= 15 is 0 Å². The van der Waals surface area contributed by atoms with Gasteiger partial charge in [0.2, 0.25) is 5.88 Å². The standard InChI is InChI=1S/C34H34BrClF2N2O4/c1-33(2,3)44-32(41)40-14-13-34(42,19-25(40)15-20-5-11-27(37)28(38)16-20)30(21-6-9-24(36)10-7-21)26-18-22-17-23(35)8-12-29(22)39-31(26)43-4/h5-12,16-18,25,30,42H,13-15,19H2,1-4H3. The maximum absolute atomic E-state index is 14.2. The van der Waals surface area contributed by atoms with Gasteiger partial charge >= 0.3 is 6.09 Å². The number of aromatic nitrogens is 1. The average molecular weight is 688 g/mol. The van der Waals surface area contributed by atoms with Gasteiger partial charge in [-0.15, -0.1) is 0 Å². The van der Waals surface area contributed by atoms with Crippen LogP contribution in [0.4, 0.5) is 13.6 Å². The maximum Gasteiger partial charge on any atom is 0.410 e. The van der Waals surface area contributed by atoms with Crippen molar-refractivity contribution in [2.45, 2.75) is 63.2 Å². The van der Waals surface area contributed by atoms with Crippen molar-refractivity contribution in [3.8, 4) is 5.88 Å². The number of benzene rings is 3. The molecule has 4 aromatic rings. The fourth-order valence-corrected chi connectivity index (χ4v) is 6.52. The second-order valence-electron chi connectivity index (χ2n) is 12.2. The van der Waals surface area contributed by atoms with E-state index in [-0.39, 0.29) is 25.8 Å². The van der Waals surface area contributed by atoms with Crippen LogP contribution < -0.4 is 4.74 Å². The molecule has 0 aliphatic carbocycles. The molecule has 3 unspecified atom stereocenters. The van der Waals surface area contributed by atoms with Gasteiger partial charge in [-0.2, -0.15) is 0 Å². The van der Waals surface area contributed by atoms with Gasteiger partial charge in [-0.05, 0) is 99.7 Å². The number of carbonyl (C=O) groups excluding carboxylic acids is 1. The van der Waals surface area contributed by atoms with Gasteiger partial charge in [-0.1, -0.05) is 45.7 Å². The summed E-state index contributed by atoms with van der Waals surface area (Å²) in [5.41, 5.74) is 0.506. The lowest BCUT2D eigenvalue weighted by Crippen LogP contribution is -2.56. The van der Waals surface area contributed by atoms with Crippen LogP contribution in [-0.2, 0) is 11.2 Å². The first-order valence-electron chi connectivity index (χ1n) is 14.3. The van der Waals surface area contributed by atoms with Gasteiger partial charge in [0.05, 0.1) is 18.2 Å². The smallest absolute Gasteiger partial charge is 0.410 e. The van der Waals surface area contributed by atoms with E-state index in [2.05, 4.69) is 15.9 Å². The molecular weight excluding hydrogens is 654 g/mol. The molecule has 3 aromatic carbocycles. The van der Waals surface area contributed by atoms with E-state index in [0.717, 1.165) is 33.1 Å². The lowest BCUT2D eigenvalue weighted by molar-refractivity contribution is -0.0630. The Morgan fingerprint density at radius 2 is 1.84 bits per heavy atom. The molecule has 0 bridgehead atoms. The Kier molecular flexibility index (Phi) is 9.21. The predicted octanol–water partition coefficient (Wildman–Crippen LogP) is 8.44. The van der Waals surface area contributed by atoms with Crippen LogP contribution in [0.1, 0.15) is 56.2 Å². The third-order valence-corrected chi connectivity index (χ3v) is 8.66. The number of piperidine rings is 1. The van der Waals surface area contributed by atoms with Crippen LogP contribution in [-0.4, -0.2) is 52.0 Å². The lowest BCUT2D eigenvalue weighted by atomic mass is 9.70. The lowest BCUT2D eigenvalue weighted by Gasteiger charge is -2.47. The topological polar surface area (TPSA) is 71.9 Å². The van der Waals surface area contributed by atoms with Gasteiger partial charge in [0, 0.05) is 38.9 Å². The number of nitrogens with zero attached hydrogens (tertiary/aromatic N) is 2. The molecule has 232 valence electrons. The average Bonchev–Trinajstić information content (AvgIpc) is 2.95. The van der Waals surface area contributed by atoms with E-state index in [1.807, 2.05) is 36.4 Å². The Labute approximate surface area is 269 Å². The van der Waals surface area contributed by atoms with Gasteiger partial charge < -0.3 is 19.5 Å². The van der Waals surface area contributed by atoms with Crippen LogP contribution in [0.2, 0.25) is 5.02 Å².